The SMILES string of the molecule is C[C@@H]1CCC2C(C)(C)CCC[C@]2(C)C1CC[C@H]1[C@H](C)CC[C@H]2C(C)(C)CCC[C@]12C. The van der Waals surface area contributed by atoms with Crippen molar-refractivity contribution >= 4 is 0 Å². The number of fused-ring (bicyclic) bond motifs is 2. The van der Waals surface area contributed by atoms with Gasteiger partial charge in [0.1, 0.15) is 0 Å². The first-order valence-corrected chi connectivity index (χ1v) is 13.9. The molecule has 0 N–H and O–H groups in total. The Bertz CT molecular complexity index is 560. The lowest BCUT2D eigenvalue weighted by molar-refractivity contribution is -0.116. The fraction of sp³-hybridized carbons (Fsp3) is 1.00. The van der Waals surface area contributed by atoms with Crippen LogP contribution in [0.1, 0.15) is 132 Å². The molecule has 0 aromatic carbocycles. The average Bonchev–Trinajstić information content (AvgIpc) is 2.61. The highest BCUT2D eigenvalue weighted by Crippen LogP contribution is 2.65. The van der Waals surface area contributed by atoms with Crippen LogP contribution in [0.15, 0.2) is 0 Å². The first-order valence-electron chi connectivity index (χ1n) is 13.9. The predicted molar refractivity (Wildman–Crippen MR) is 131 cm³/mol. The minimum atomic E-state index is 0.563. The Balaban J connectivity index is 1.55. The summed E-state index contributed by atoms with van der Waals surface area (Å²) in [5.41, 5.74) is 2.33. The second-order valence-electron chi connectivity index (χ2n) is 14.7. The van der Waals surface area contributed by atoms with E-state index in [0.29, 0.717) is 21.7 Å². The van der Waals surface area contributed by atoms with E-state index in [-0.39, 0.29) is 0 Å². The van der Waals surface area contributed by atoms with Gasteiger partial charge in [0.2, 0.25) is 0 Å². The minimum Gasteiger partial charge on any atom is -0.0622 e. The lowest BCUT2D eigenvalue weighted by atomic mass is 9.44. The summed E-state index contributed by atoms with van der Waals surface area (Å²) in [7, 11) is 0. The molecule has 0 aromatic heterocycles. The summed E-state index contributed by atoms with van der Waals surface area (Å²) in [5.74, 6) is 5.71. The van der Waals surface area contributed by atoms with Crippen LogP contribution in [0, 0.1) is 57.2 Å². The van der Waals surface area contributed by atoms with Gasteiger partial charge in [-0.2, -0.15) is 0 Å². The van der Waals surface area contributed by atoms with Crippen molar-refractivity contribution in [3.05, 3.63) is 0 Å². The first-order chi connectivity index (χ1) is 13.9. The van der Waals surface area contributed by atoms with Crippen LogP contribution in [-0.4, -0.2) is 0 Å². The Kier molecular flexibility index (Phi) is 6.02. The molecule has 0 saturated heterocycles. The van der Waals surface area contributed by atoms with E-state index in [1.165, 1.54) is 77.0 Å². The van der Waals surface area contributed by atoms with Crippen molar-refractivity contribution in [1.82, 2.24) is 0 Å². The van der Waals surface area contributed by atoms with Crippen LogP contribution in [0.25, 0.3) is 0 Å². The molecule has 4 fully saturated rings. The van der Waals surface area contributed by atoms with Gasteiger partial charge in [-0.3, -0.25) is 0 Å². The van der Waals surface area contributed by atoms with Gasteiger partial charge >= 0.3 is 0 Å². The number of hydrogen-bond acceptors (Lipinski definition) is 0. The highest BCUT2D eigenvalue weighted by molar-refractivity contribution is 5.05. The zero-order chi connectivity index (χ0) is 21.9. The van der Waals surface area contributed by atoms with Crippen LogP contribution in [0.2, 0.25) is 0 Å². The molecule has 4 rings (SSSR count). The highest BCUT2D eigenvalue weighted by atomic mass is 14.6. The lowest BCUT2D eigenvalue weighted by Gasteiger charge is -2.61. The summed E-state index contributed by atoms with van der Waals surface area (Å²) < 4.78 is 0. The summed E-state index contributed by atoms with van der Waals surface area (Å²) in [5, 5.41) is 0. The van der Waals surface area contributed by atoms with Crippen molar-refractivity contribution in [2.45, 2.75) is 132 Å². The number of rotatable bonds is 3. The summed E-state index contributed by atoms with van der Waals surface area (Å²) >= 11 is 0. The van der Waals surface area contributed by atoms with E-state index in [4.69, 9.17) is 0 Å². The molecule has 4 aliphatic rings. The van der Waals surface area contributed by atoms with Crippen LogP contribution in [0.4, 0.5) is 0 Å². The van der Waals surface area contributed by atoms with Crippen molar-refractivity contribution < 1.29 is 0 Å². The maximum absolute atomic E-state index is 2.73. The molecule has 0 spiro atoms. The van der Waals surface area contributed by atoms with Crippen molar-refractivity contribution in [1.29, 1.82) is 0 Å². The quantitative estimate of drug-likeness (QED) is 0.431. The van der Waals surface area contributed by atoms with E-state index in [9.17, 15) is 0 Å². The molecule has 0 bridgehead atoms. The molecule has 4 aliphatic carbocycles. The van der Waals surface area contributed by atoms with Crippen LogP contribution >= 0.6 is 0 Å². The van der Waals surface area contributed by atoms with Crippen LogP contribution in [0.5, 0.6) is 0 Å². The van der Waals surface area contributed by atoms with Gasteiger partial charge in [0.05, 0.1) is 0 Å². The molecule has 0 nitrogen and oxygen atoms in total. The Morgan fingerprint density at radius 3 is 1.27 bits per heavy atom. The normalized spacial score (nSPS) is 50.4. The molecule has 30 heavy (non-hydrogen) atoms. The Labute approximate surface area is 189 Å². The molecule has 0 heteroatoms. The Hall–Kier alpha value is 0. The zero-order valence-corrected chi connectivity index (χ0v) is 21.9. The highest BCUT2D eigenvalue weighted by Gasteiger charge is 2.56. The van der Waals surface area contributed by atoms with E-state index in [2.05, 4.69) is 55.4 Å². The zero-order valence-electron chi connectivity index (χ0n) is 21.9. The monoisotopic (exact) mass is 414 g/mol. The van der Waals surface area contributed by atoms with E-state index in [0.717, 1.165) is 35.5 Å². The molecule has 0 heterocycles. The summed E-state index contributed by atoms with van der Waals surface area (Å²) in [6, 6.07) is 0. The van der Waals surface area contributed by atoms with Crippen molar-refractivity contribution in [2.24, 2.45) is 57.2 Å². The van der Waals surface area contributed by atoms with Gasteiger partial charge in [-0.05, 0) is 109 Å². The van der Waals surface area contributed by atoms with Gasteiger partial charge in [0.25, 0.3) is 0 Å². The molecule has 2 unspecified atom stereocenters. The lowest BCUT2D eigenvalue weighted by Crippen LogP contribution is -2.53. The number of hydrogen-bond donors (Lipinski definition) is 0. The van der Waals surface area contributed by atoms with Crippen molar-refractivity contribution in [3.8, 4) is 0 Å². The van der Waals surface area contributed by atoms with Crippen molar-refractivity contribution in [3.63, 3.8) is 0 Å². The van der Waals surface area contributed by atoms with Gasteiger partial charge in [-0.15, -0.1) is 0 Å². The van der Waals surface area contributed by atoms with Gasteiger partial charge in [-0.1, -0.05) is 81.1 Å². The van der Waals surface area contributed by atoms with E-state index < -0.39 is 0 Å². The fourth-order valence-corrected chi connectivity index (χ4v) is 10.8. The van der Waals surface area contributed by atoms with Crippen molar-refractivity contribution in [2.75, 3.05) is 0 Å². The summed E-state index contributed by atoms with van der Waals surface area (Å²) in [6.45, 7) is 21.1. The van der Waals surface area contributed by atoms with Gasteiger partial charge in [0, 0.05) is 0 Å². The third-order valence-electron chi connectivity index (χ3n) is 12.2. The van der Waals surface area contributed by atoms with E-state index in [1.807, 2.05) is 0 Å². The van der Waals surface area contributed by atoms with E-state index in [1.54, 1.807) is 0 Å². The molecule has 4 saturated carbocycles. The van der Waals surface area contributed by atoms with E-state index >= 15 is 0 Å². The molecular weight excluding hydrogens is 360 g/mol. The van der Waals surface area contributed by atoms with Crippen LogP contribution < -0.4 is 0 Å². The fourth-order valence-electron chi connectivity index (χ4n) is 10.8. The van der Waals surface area contributed by atoms with Crippen LogP contribution in [-0.2, 0) is 0 Å². The molecule has 0 aliphatic heterocycles. The molecule has 8 atom stereocenters. The molecule has 0 radical (unpaired) electrons. The maximum Gasteiger partial charge on any atom is -0.0262 e. The second kappa shape index (κ2) is 7.80. The summed E-state index contributed by atoms with van der Waals surface area (Å²) in [6.07, 6.45) is 17.9. The third-order valence-corrected chi connectivity index (χ3v) is 12.2. The average molecular weight is 415 g/mol. The van der Waals surface area contributed by atoms with Crippen LogP contribution in [0.3, 0.4) is 0 Å². The first kappa shape index (κ1) is 23.2. The molecule has 0 aromatic rings. The molecule has 174 valence electrons. The molecular formula is C30H54. The van der Waals surface area contributed by atoms with Gasteiger partial charge in [-0.25, -0.2) is 0 Å². The Morgan fingerprint density at radius 1 is 0.533 bits per heavy atom. The van der Waals surface area contributed by atoms with Gasteiger partial charge < -0.3 is 0 Å². The third kappa shape index (κ3) is 3.63. The molecule has 0 amide bonds. The topological polar surface area (TPSA) is 0 Å². The maximum atomic E-state index is 2.73. The minimum absolute atomic E-state index is 0.563. The Morgan fingerprint density at radius 2 is 0.900 bits per heavy atom. The predicted octanol–water partition coefficient (Wildman–Crippen LogP) is 9.52. The standard InChI is InChI=1S/C30H54/c1-21-11-15-25-27(3,4)17-9-19-29(25,7)23(21)13-14-24-22(2)12-16-26-28(5,6)18-10-20-30(24,26)8/h21-26H,9-20H2,1-8H3/t21-,22-,23+,24?,25+,26?,29-,30-/m1/s1. The summed E-state index contributed by atoms with van der Waals surface area (Å²) in [4.78, 5) is 0. The largest absolute Gasteiger partial charge is 0.0622 e. The smallest absolute Gasteiger partial charge is 0.0262 e. The second-order valence-corrected chi connectivity index (χ2v) is 14.7. The van der Waals surface area contributed by atoms with Gasteiger partial charge in [0.15, 0.2) is 0 Å².